The molecule has 8 rings (SSSR count). The Balaban J connectivity index is -0.000000583. The zero-order valence-electron chi connectivity index (χ0n) is 51.8. The molecule has 0 aliphatic heterocycles. The number of rotatable bonds is 20. The number of nitrogens with one attached hydrogen (secondary N) is 4. The maximum Gasteiger partial charge on any atom is 0.407 e. The van der Waals surface area contributed by atoms with Crippen molar-refractivity contribution in [3.63, 3.8) is 0 Å². The number of halogens is 5. The normalized spacial score (nSPS) is 14.4. The molecule has 31 nitrogen and oxygen atoms in total. The van der Waals surface area contributed by atoms with Gasteiger partial charge in [-0.2, -0.15) is 9.97 Å². The number of hydrogen-bond donors (Lipinski definition) is 8. The van der Waals surface area contributed by atoms with E-state index in [1.165, 1.54) is 52.7 Å². The summed E-state index contributed by atoms with van der Waals surface area (Å²) < 4.78 is 75.8. The number of amides is 1. The largest absolute Gasteiger partial charge is 0.481 e. The fourth-order valence-corrected chi connectivity index (χ4v) is 8.73. The molecule has 2 saturated carbocycles. The van der Waals surface area contributed by atoms with Gasteiger partial charge in [-0.3, -0.25) is 20.2 Å². The number of carbonyl (C=O) groups excluding carboxylic acids is 1. The Hall–Kier alpha value is -9.41. The van der Waals surface area contributed by atoms with Gasteiger partial charge in [-0.15, -0.1) is 0 Å². The molecule has 0 aromatic carbocycles. The van der Waals surface area contributed by atoms with Gasteiger partial charge < -0.3 is 66.6 Å². The monoisotopic (exact) mass is 1410 g/mol. The van der Waals surface area contributed by atoms with E-state index in [-0.39, 0.29) is 135 Å². The van der Waals surface area contributed by atoms with E-state index in [4.69, 9.17) is 62.5 Å². The number of pyridine rings is 4. The van der Waals surface area contributed by atoms with Crippen LogP contribution in [0.5, 0.6) is 23.5 Å². The third-order valence-electron chi connectivity index (χ3n) is 13.0. The summed E-state index contributed by atoms with van der Waals surface area (Å²) in [5.41, 5.74) is 20.2. The molecule has 0 bridgehead atoms. The molecule has 0 spiro atoms. The van der Waals surface area contributed by atoms with Gasteiger partial charge in [0.2, 0.25) is 46.4 Å². The second-order valence-electron chi connectivity index (χ2n) is 20.6. The number of hydrogen-bond acceptors (Lipinski definition) is 26. The van der Waals surface area contributed by atoms with Crippen molar-refractivity contribution in [2.24, 2.45) is 28.4 Å². The molecule has 2 aliphatic rings. The van der Waals surface area contributed by atoms with E-state index >= 15 is 0 Å². The Kier molecular flexibility index (Phi) is 48.5. The van der Waals surface area contributed by atoms with Crippen LogP contribution in [-0.4, -0.2) is 132 Å². The van der Waals surface area contributed by atoms with Crippen LogP contribution < -0.4 is 51.7 Å². The van der Waals surface area contributed by atoms with Crippen molar-refractivity contribution in [3.8, 4) is 23.5 Å². The highest BCUT2D eigenvalue weighted by Crippen LogP contribution is 2.30. The molecule has 2 aliphatic carbocycles. The highest BCUT2D eigenvalue weighted by Gasteiger charge is 2.27. The molecule has 1 amide bonds. The topological polar surface area (TPSA) is 442 Å². The SMILES string of the molecule is C.C.C.C.C.C.CC(C)(C)OC(=O)NC1CCC(CNc2nc(Cl)ncc2[N+](=O)[O-])CC1.CO.COc1ncc(F)cc1CN.COc1ncc(F)cc1CN=[N+]=[N-].COc1ncc(F)cc1CNc1ncc([N+](=O)[O-])c(NCC2CCC(N)CC2)n1.COc1ncc(F)cc1CO. The van der Waals surface area contributed by atoms with Crippen LogP contribution in [0.2, 0.25) is 5.28 Å². The van der Waals surface area contributed by atoms with Gasteiger partial charge in [-0.25, -0.2) is 52.3 Å². The van der Waals surface area contributed by atoms with Crippen molar-refractivity contribution in [1.29, 1.82) is 0 Å². The summed E-state index contributed by atoms with van der Waals surface area (Å²) in [6, 6.07) is 5.34. The van der Waals surface area contributed by atoms with Gasteiger partial charge in [0.25, 0.3) is 0 Å². The number of methoxy groups -OCH3 is 4. The number of aliphatic hydroxyl groups excluding tert-OH is 2. The minimum absolute atomic E-state index is 0. The van der Waals surface area contributed by atoms with Gasteiger partial charge in [-0.05, 0) is 125 Å². The van der Waals surface area contributed by atoms with Gasteiger partial charge >= 0.3 is 17.5 Å². The molecule has 2 fully saturated rings. The van der Waals surface area contributed by atoms with Crippen molar-refractivity contribution in [1.82, 2.24) is 45.2 Å². The van der Waals surface area contributed by atoms with E-state index in [9.17, 15) is 42.6 Å². The van der Waals surface area contributed by atoms with E-state index in [1.54, 1.807) is 0 Å². The van der Waals surface area contributed by atoms with Crippen LogP contribution in [0.3, 0.4) is 0 Å². The third kappa shape index (κ3) is 34.0. The summed E-state index contributed by atoms with van der Waals surface area (Å²) in [4.78, 5) is 66.2. The fraction of sp³-hybridized carbons (Fsp3) is 0.532. The summed E-state index contributed by atoms with van der Waals surface area (Å²) in [5.74, 6) is 0.507. The number of azide groups is 1. The van der Waals surface area contributed by atoms with E-state index in [2.05, 4.69) is 71.2 Å². The lowest BCUT2D eigenvalue weighted by Gasteiger charge is -2.30. The highest BCUT2D eigenvalue weighted by molar-refractivity contribution is 6.28. The lowest BCUT2D eigenvalue weighted by atomic mass is 9.86. The zero-order chi connectivity index (χ0) is 68.3. The number of carbonyl (C=O) groups is 1. The van der Waals surface area contributed by atoms with E-state index in [1.807, 2.05) is 20.8 Å². The molecule has 6 heterocycles. The molecule has 36 heteroatoms. The Bertz CT molecular complexity index is 3280. The van der Waals surface area contributed by atoms with Crippen LogP contribution in [0.15, 0.2) is 66.6 Å². The molecule has 0 atom stereocenters. The van der Waals surface area contributed by atoms with E-state index in [0.717, 1.165) is 95.7 Å². The lowest BCUT2D eigenvalue weighted by molar-refractivity contribution is -0.384. The number of nitro groups is 2. The number of ether oxygens (including phenoxy) is 5. The highest BCUT2D eigenvalue weighted by atomic mass is 35.5. The molecule has 0 unspecified atom stereocenters. The predicted molar refractivity (Wildman–Crippen MR) is 370 cm³/mol. The summed E-state index contributed by atoms with van der Waals surface area (Å²) in [7, 11) is 6.74. The van der Waals surface area contributed by atoms with Crippen LogP contribution in [0.4, 0.5) is 51.3 Å². The van der Waals surface area contributed by atoms with E-state index < -0.39 is 44.8 Å². The molecule has 0 radical (unpaired) electrons. The molecule has 6 aromatic rings. The molecule has 10 N–H and O–H groups in total. The van der Waals surface area contributed by atoms with E-state index in [0.29, 0.717) is 53.1 Å². The number of aromatic nitrogens is 8. The van der Waals surface area contributed by atoms with Gasteiger partial charge in [0.05, 0.1) is 76.2 Å². The molecule has 550 valence electrons. The number of aliphatic hydroxyl groups is 2. The number of alkyl carbamates (subject to hydrolysis) is 1. The maximum atomic E-state index is 13.4. The van der Waals surface area contributed by atoms with Crippen molar-refractivity contribution in [2.75, 3.05) is 64.6 Å². The standard InChI is InChI=1S/C18H24FN7O3.C16H24ClN5O4.C7H7FN4O.C7H9FN2O.C7H8FNO2.CH4O.6CH4/c1-29-17-12(6-13(19)9-22-17)8-23-18-24-10-15(26(27)28)16(25-18)21-7-11-2-4-14(20)5-3-11;1-16(2,3)26-15(23)20-11-6-4-10(5-7-11)8-18-13-12(22(24)25)9-19-14(17)21-13;1-13-7-5(3-11-12-9)2-6(8)4-10-7;1-11-7-5(3-9)2-6(8)4-10-7;1-11-7-5(4-10)2-6(8)3-9-7;1-2;;;;;;/h6,9-11,14H,2-5,7-8,20H2,1H3,(H2,21,23,24,25);9-11H,4-8H2,1-3H3,(H,20,23)(H,18,19,21);2,4H,3H2,1H3;2,4H,3,9H2,1H3;2-3,10H,4H2,1H3;2H,1H3;6*1H4. The number of nitrogens with zero attached hydrogens (tertiary/aromatic N) is 13. The Labute approximate surface area is 576 Å². The third-order valence-corrected chi connectivity index (χ3v) is 13.1. The molecular formula is C62H100ClF4N19O12. The zero-order valence-corrected chi connectivity index (χ0v) is 52.6. The minimum atomic E-state index is -0.541. The lowest BCUT2D eigenvalue weighted by Crippen LogP contribution is -2.41. The van der Waals surface area contributed by atoms with Crippen molar-refractivity contribution in [2.45, 2.75) is 161 Å². The van der Waals surface area contributed by atoms with Crippen LogP contribution in [0.25, 0.3) is 10.4 Å². The molecule has 0 saturated heterocycles. The van der Waals surface area contributed by atoms with Gasteiger partial charge in [0, 0.05) is 72.5 Å². The maximum absolute atomic E-state index is 13.4. The Morgan fingerprint density at radius 1 is 0.643 bits per heavy atom. The summed E-state index contributed by atoms with van der Waals surface area (Å²) in [5, 5.41) is 53.2. The first kappa shape index (κ1) is 95.0. The van der Waals surface area contributed by atoms with Crippen molar-refractivity contribution in [3.05, 3.63) is 143 Å². The van der Waals surface area contributed by atoms with Gasteiger partial charge in [0.1, 0.15) is 41.3 Å². The first-order chi connectivity index (χ1) is 43.9. The first-order valence-corrected chi connectivity index (χ1v) is 28.5. The van der Waals surface area contributed by atoms with Gasteiger partial charge in [0.15, 0.2) is 0 Å². The Morgan fingerprint density at radius 3 is 1.47 bits per heavy atom. The molecular weight excluding hydrogens is 1310 g/mol. The van der Waals surface area contributed by atoms with Crippen LogP contribution in [0, 0.1) is 55.3 Å². The van der Waals surface area contributed by atoms with Crippen LogP contribution in [0.1, 0.15) is 139 Å². The minimum Gasteiger partial charge on any atom is -0.481 e. The number of anilines is 3. The van der Waals surface area contributed by atoms with Crippen LogP contribution >= 0.6 is 11.6 Å². The smallest absolute Gasteiger partial charge is 0.407 e. The van der Waals surface area contributed by atoms with Crippen molar-refractivity contribution < 1.29 is 66.1 Å². The molecule has 98 heavy (non-hydrogen) atoms. The predicted octanol–water partition coefficient (Wildman–Crippen LogP) is 12.9. The second kappa shape index (κ2) is 50.0. The summed E-state index contributed by atoms with van der Waals surface area (Å²) >= 11 is 5.72. The molecule has 6 aromatic heterocycles. The van der Waals surface area contributed by atoms with Crippen molar-refractivity contribution >= 4 is 46.7 Å². The Morgan fingerprint density at radius 2 is 1.04 bits per heavy atom. The quantitative estimate of drug-likeness (QED) is 0.00669. The number of nitrogens with two attached hydrogens (primary N) is 2. The summed E-state index contributed by atoms with van der Waals surface area (Å²) in [6.07, 6.45) is 13.4. The fourth-order valence-electron chi connectivity index (χ4n) is 8.59. The average Bonchev–Trinajstić information content (AvgIpc) is 0.886. The average molecular weight is 1420 g/mol. The summed E-state index contributed by atoms with van der Waals surface area (Å²) in [6.45, 7) is 6.74. The van der Waals surface area contributed by atoms with Gasteiger partial charge in [-0.1, -0.05) is 49.7 Å². The second-order valence-corrected chi connectivity index (χ2v) is 21.0. The first-order valence-electron chi connectivity index (χ1n) is 28.1. The van der Waals surface area contributed by atoms with Crippen LogP contribution in [-0.2, 0) is 31.0 Å².